The van der Waals surface area contributed by atoms with Crippen LogP contribution in [0.4, 0.5) is 21.6 Å². The van der Waals surface area contributed by atoms with E-state index in [4.69, 9.17) is 0 Å². The molecule has 2 aromatic rings. The SMILES string of the molecule is CNc1cc(Nc2ccc(Br)cc2F)ccn1. The Kier molecular flexibility index (Phi) is 3.58. The number of aromatic nitrogens is 1. The maximum Gasteiger partial charge on any atom is 0.147 e. The molecule has 2 N–H and O–H groups in total. The molecule has 88 valence electrons. The van der Waals surface area contributed by atoms with Crippen LogP contribution in [0, 0.1) is 5.82 Å². The average molecular weight is 296 g/mol. The topological polar surface area (TPSA) is 37.0 Å². The number of nitrogens with one attached hydrogen (secondary N) is 2. The van der Waals surface area contributed by atoms with Gasteiger partial charge in [0.2, 0.25) is 0 Å². The lowest BCUT2D eigenvalue weighted by Gasteiger charge is -2.08. The van der Waals surface area contributed by atoms with Crippen molar-refractivity contribution in [3.05, 3.63) is 46.8 Å². The van der Waals surface area contributed by atoms with Crippen LogP contribution in [0.5, 0.6) is 0 Å². The zero-order valence-corrected chi connectivity index (χ0v) is 10.8. The summed E-state index contributed by atoms with van der Waals surface area (Å²) < 4.78 is 14.3. The Morgan fingerprint density at radius 1 is 1.24 bits per heavy atom. The fourth-order valence-electron chi connectivity index (χ4n) is 1.39. The summed E-state index contributed by atoms with van der Waals surface area (Å²) in [5.74, 6) is 0.426. The van der Waals surface area contributed by atoms with Crippen LogP contribution < -0.4 is 10.6 Å². The van der Waals surface area contributed by atoms with Gasteiger partial charge in [-0.1, -0.05) is 15.9 Å². The predicted molar refractivity (Wildman–Crippen MR) is 71.2 cm³/mol. The summed E-state index contributed by atoms with van der Waals surface area (Å²) in [5, 5.41) is 5.92. The molecule has 17 heavy (non-hydrogen) atoms. The van der Waals surface area contributed by atoms with Gasteiger partial charge in [-0.2, -0.15) is 0 Å². The average Bonchev–Trinajstić information content (AvgIpc) is 2.33. The Morgan fingerprint density at radius 3 is 2.76 bits per heavy atom. The third-order valence-electron chi connectivity index (χ3n) is 2.23. The van der Waals surface area contributed by atoms with Gasteiger partial charge in [-0.15, -0.1) is 0 Å². The molecule has 0 aliphatic rings. The smallest absolute Gasteiger partial charge is 0.147 e. The van der Waals surface area contributed by atoms with Gasteiger partial charge in [0, 0.05) is 29.5 Å². The van der Waals surface area contributed by atoms with Crippen molar-refractivity contribution in [1.29, 1.82) is 0 Å². The molecule has 0 saturated heterocycles. The summed E-state index contributed by atoms with van der Waals surface area (Å²) in [6.07, 6.45) is 1.66. The molecule has 3 nitrogen and oxygen atoms in total. The van der Waals surface area contributed by atoms with Gasteiger partial charge in [0.1, 0.15) is 11.6 Å². The highest BCUT2D eigenvalue weighted by Crippen LogP contribution is 2.23. The zero-order chi connectivity index (χ0) is 12.3. The van der Waals surface area contributed by atoms with Gasteiger partial charge in [-0.3, -0.25) is 0 Å². The molecule has 0 spiro atoms. The number of hydrogen-bond acceptors (Lipinski definition) is 3. The second kappa shape index (κ2) is 5.14. The lowest BCUT2D eigenvalue weighted by Crippen LogP contribution is -1.96. The summed E-state index contributed by atoms with van der Waals surface area (Å²) in [5.41, 5.74) is 1.21. The Morgan fingerprint density at radius 2 is 2.06 bits per heavy atom. The molecule has 1 aromatic carbocycles. The fraction of sp³-hybridized carbons (Fsp3) is 0.0833. The first-order valence-electron chi connectivity index (χ1n) is 5.05. The molecule has 0 radical (unpaired) electrons. The maximum absolute atomic E-state index is 13.6. The molecule has 0 bridgehead atoms. The molecule has 0 saturated carbocycles. The third-order valence-corrected chi connectivity index (χ3v) is 2.72. The van der Waals surface area contributed by atoms with Gasteiger partial charge in [0.05, 0.1) is 5.69 Å². The largest absolute Gasteiger partial charge is 0.373 e. The minimum absolute atomic E-state index is 0.304. The number of anilines is 3. The van der Waals surface area contributed by atoms with Gasteiger partial charge in [0.15, 0.2) is 0 Å². The first-order chi connectivity index (χ1) is 8.19. The quantitative estimate of drug-likeness (QED) is 0.905. The lowest BCUT2D eigenvalue weighted by molar-refractivity contribution is 0.631. The number of hydrogen-bond donors (Lipinski definition) is 2. The Labute approximate surface area is 107 Å². The summed E-state index contributed by atoms with van der Waals surface area (Å²) in [7, 11) is 1.78. The van der Waals surface area contributed by atoms with Crippen molar-refractivity contribution in [2.24, 2.45) is 0 Å². The van der Waals surface area contributed by atoms with E-state index in [0.717, 1.165) is 11.5 Å². The Balaban J connectivity index is 2.25. The molecular weight excluding hydrogens is 285 g/mol. The second-order valence-electron chi connectivity index (χ2n) is 3.43. The van der Waals surface area contributed by atoms with E-state index in [0.29, 0.717) is 10.2 Å². The lowest BCUT2D eigenvalue weighted by atomic mass is 10.3. The first kappa shape index (κ1) is 11.9. The van der Waals surface area contributed by atoms with E-state index < -0.39 is 0 Å². The molecular formula is C12H11BrFN3. The number of rotatable bonds is 3. The van der Waals surface area contributed by atoms with Crippen LogP contribution in [-0.2, 0) is 0 Å². The molecule has 0 atom stereocenters. The van der Waals surface area contributed by atoms with Crippen LogP contribution in [0.2, 0.25) is 0 Å². The van der Waals surface area contributed by atoms with Gasteiger partial charge in [-0.05, 0) is 24.3 Å². The second-order valence-corrected chi connectivity index (χ2v) is 4.34. The van der Waals surface area contributed by atoms with E-state index in [2.05, 4.69) is 31.5 Å². The third kappa shape index (κ3) is 2.94. The summed E-state index contributed by atoms with van der Waals surface area (Å²) in [6, 6.07) is 8.47. The summed E-state index contributed by atoms with van der Waals surface area (Å²) >= 11 is 3.22. The van der Waals surface area contributed by atoms with Crippen LogP contribution in [0.15, 0.2) is 41.0 Å². The van der Waals surface area contributed by atoms with Crippen molar-refractivity contribution in [3.8, 4) is 0 Å². The van der Waals surface area contributed by atoms with E-state index in [9.17, 15) is 4.39 Å². The van der Waals surface area contributed by atoms with E-state index >= 15 is 0 Å². The van der Waals surface area contributed by atoms with Gasteiger partial charge < -0.3 is 10.6 Å². The monoisotopic (exact) mass is 295 g/mol. The molecule has 1 heterocycles. The van der Waals surface area contributed by atoms with Crippen LogP contribution in [-0.4, -0.2) is 12.0 Å². The maximum atomic E-state index is 13.6. The normalized spacial score (nSPS) is 10.1. The van der Waals surface area contributed by atoms with Crippen molar-refractivity contribution in [2.45, 2.75) is 0 Å². The van der Waals surface area contributed by atoms with E-state index in [1.54, 1.807) is 31.4 Å². The van der Waals surface area contributed by atoms with Crippen molar-refractivity contribution >= 4 is 33.1 Å². The molecule has 0 amide bonds. The van der Waals surface area contributed by atoms with Crippen LogP contribution in [0.3, 0.4) is 0 Å². The predicted octanol–water partition coefficient (Wildman–Crippen LogP) is 3.77. The molecule has 0 unspecified atom stereocenters. The summed E-state index contributed by atoms with van der Waals surface area (Å²) in [4.78, 5) is 4.08. The van der Waals surface area contributed by atoms with Crippen LogP contribution in [0.1, 0.15) is 0 Å². The molecule has 2 rings (SSSR count). The standard InChI is InChI=1S/C12H11BrFN3/c1-15-12-7-9(4-5-16-12)17-11-3-2-8(13)6-10(11)14/h2-7H,1H3,(H2,15,16,17). The number of pyridine rings is 1. The van der Waals surface area contributed by atoms with Crippen molar-refractivity contribution in [1.82, 2.24) is 4.98 Å². The summed E-state index contributed by atoms with van der Waals surface area (Å²) in [6.45, 7) is 0. The Bertz CT molecular complexity index is 531. The first-order valence-corrected chi connectivity index (χ1v) is 5.84. The highest BCUT2D eigenvalue weighted by Gasteiger charge is 2.03. The minimum Gasteiger partial charge on any atom is -0.373 e. The highest BCUT2D eigenvalue weighted by atomic mass is 79.9. The highest BCUT2D eigenvalue weighted by molar-refractivity contribution is 9.10. The molecule has 5 heteroatoms. The number of nitrogens with zero attached hydrogens (tertiary/aromatic N) is 1. The van der Waals surface area contributed by atoms with E-state index in [-0.39, 0.29) is 5.82 Å². The number of benzene rings is 1. The van der Waals surface area contributed by atoms with Gasteiger partial charge >= 0.3 is 0 Å². The minimum atomic E-state index is -0.304. The molecule has 1 aromatic heterocycles. The van der Waals surface area contributed by atoms with Crippen LogP contribution >= 0.6 is 15.9 Å². The molecule has 0 fully saturated rings. The van der Waals surface area contributed by atoms with Crippen LogP contribution in [0.25, 0.3) is 0 Å². The van der Waals surface area contributed by atoms with Crippen molar-refractivity contribution < 1.29 is 4.39 Å². The van der Waals surface area contributed by atoms with E-state index in [1.165, 1.54) is 6.07 Å². The van der Waals surface area contributed by atoms with Gasteiger partial charge in [0.25, 0.3) is 0 Å². The molecule has 0 aliphatic heterocycles. The fourth-order valence-corrected chi connectivity index (χ4v) is 1.72. The Hall–Kier alpha value is -1.62. The van der Waals surface area contributed by atoms with E-state index in [1.807, 2.05) is 6.07 Å². The zero-order valence-electron chi connectivity index (χ0n) is 9.17. The van der Waals surface area contributed by atoms with Crippen molar-refractivity contribution in [3.63, 3.8) is 0 Å². The molecule has 0 aliphatic carbocycles. The number of halogens is 2. The van der Waals surface area contributed by atoms with Crippen molar-refractivity contribution in [2.75, 3.05) is 17.7 Å². The van der Waals surface area contributed by atoms with Gasteiger partial charge in [-0.25, -0.2) is 9.37 Å².